The van der Waals surface area contributed by atoms with Gasteiger partial charge in [0.15, 0.2) is 9.84 Å². The van der Waals surface area contributed by atoms with Gasteiger partial charge in [-0.1, -0.05) is 18.2 Å². The Bertz CT molecular complexity index is 1090. The van der Waals surface area contributed by atoms with Crippen molar-refractivity contribution in [3.8, 4) is 5.75 Å². The minimum Gasteiger partial charge on any atom is -0.497 e. The predicted octanol–water partition coefficient (Wildman–Crippen LogP) is 2.30. The Labute approximate surface area is 177 Å². The molecule has 3 rings (SSSR count). The third-order valence-corrected chi connectivity index (χ3v) is 7.74. The van der Waals surface area contributed by atoms with E-state index in [0.29, 0.717) is 5.75 Å². The summed E-state index contributed by atoms with van der Waals surface area (Å²) in [6.07, 6.45) is 1.36. The molecule has 0 radical (unpaired) electrons. The molecule has 10 heteroatoms. The van der Waals surface area contributed by atoms with Crippen molar-refractivity contribution < 1.29 is 27.2 Å². The Kier molecular flexibility index (Phi) is 6.91. The topological polar surface area (TPSA) is 115 Å². The lowest BCUT2D eigenvalue weighted by Crippen LogP contribution is -2.42. The summed E-state index contributed by atoms with van der Waals surface area (Å²) in [6, 6.07) is 13.2. The zero-order valence-corrected chi connectivity index (χ0v) is 17.7. The van der Waals surface area contributed by atoms with Gasteiger partial charge < -0.3 is 19.8 Å². The predicted molar refractivity (Wildman–Crippen MR) is 111 cm³/mol. The number of hydrogen-bond acceptors (Lipinski definition) is 7. The van der Waals surface area contributed by atoms with Crippen molar-refractivity contribution in [1.82, 2.24) is 10.6 Å². The van der Waals surface area contributed by atoms with Crippen LogP contribution in [0.1, 0.15) is 16.6 Å². The van der Waals surface area contributed by atoms with Crippen LogP contribution in [0.5, 0.6) is 5.75 Å². The molecule has 0 fully saturated rings. The van der Waals surface area contributed by atoms with Gasteiger partial charge in [0.1, 0.15) is 21.0 Å². The smallest absolute Gasteiger partial charge is 0.309 e. The molecule has 2 heterocycles. The molecule has 2 N–H and O–H groups in total. The highest BCUT2D eigenvalue weighted by atomic mass is 32.2. The largest absolute Gasteiger partial charge is 0.497 e. The maximum absolute atomic E-state index is 12.9. The van der Waals surface area contributed by atoms with E-state index in [4.69, 9.17) is 9.15 Å². The van der Waals surface area contributed by atoms with E-state index in [1.165, 1.54) is 25.5 Å². The van der Waals surface area contributed by atoms with Gasteiger partial charge in [0.2, 0.25) is 0 Å². The fraction of sp³-hybridized carbons (Fsp3) is 0.200. The second-order valence-corrected chi connectivity index (χ2v) is 9.53. The Morgan fingerprint density at radius 1 is 1.10 bits per heavy atom. The highest BCUT2D eigenvalue weighted by Crippen LogP contribution is 2.31. The normalized spacial score (nSPS) is 12.2. The number of thiophene rings is 1. The molecular formula is C20H20N2O6S2. The first-order valence-corrected chi connectivity index (χ1v) is 11.3. The number of ether oxygens (including phenoxy) is 1. The Balaban J connectivity index is 1.63. The summed E-state index contributed by atoms with van der Waals surface area (Å²) >= 11 is 1.07. The number of rotatable bonds is 8. The highest BCUT2D eigenvalue weighted by molar-refractivity contribution is 7.93. The minimum absolute atomic E-state index is 0.124. The molecule has 0 saturated heterocycles. The van der Waals surface area contributed by atoms with Crippen molar-refractivity contribution in [3.05, 3.63) is 71.5 Å². The number of benzene rings is 1. The first kappa shape index (κ1) is 21.6. The number of nitrogens with one attached hydrogen (secondary N) is 2. The maximum Gasteiger partial charge on any atom is 0.309 e. The molecule has 8 nitrogen and oxygen atoms in total. The SMILES string of the molecule is COc1cccc(CNC(=O)C(=O)NC[C@H](c2ccco2)S(=O)(=O)c2cccs2)c1. The average molecular weight is 449 g/mol. The molecule has 0 aliphatic rings. The zero-order valence-electron chi connectivity index (χ0n) is 16.0. The van der Waals surface area contributed by atoms with Gasteiger partial charge in [-0.05, 0) is 41.3 Å². The molecule has 1 aromatic carbocycles. The summed E-state index contributed by atoms with van der Waals surface area (Å²) < 4.78 is 36.4. The van der Waals surface area contributed by atoms with Crippen molar-refractivity contribution in [3.63, 3.8) is 0 Å². The van der Waals surface area contributed by atoms with Crippen LogP contribution >= 0.6 is 11.3 Å². The number of carbonyl (C=O) groups is 2. The molecule has 0 aliphatic heterocycles. The summed E-state index contributed by atoms with van der Waals surface area (Å²) in [5.74, 6) is -0.993. The van der Waals surface area contributed by atoms with Crippen LogP contribution in [-0.4, -0.2) is 33.9 Å². The number of furan rings is 1. The van der Waals surface area contributed by atoms with E-state index in [0.717, 1.165) is 16.9 Å². The second-order valence-electron chi connectivity index (χ2n) is 6.23. The molecule has 30 heavy (non-hydrogen) atoms. The van der Waals surface area contributed by atoms with Crippen LogP contribution in [0, 0.1) is 0 Å². The van der Waals surface area contributed by atoms with E-state index >= 15 is 0 Å². The van der Waals surface area contributed by atoms with Gasteiger partial charge in [-0.2, -0.15) is 0 Å². The van der Waals surface area contributed by atoms with Gasteiger partial charge in [0.05, 0.1) is 13.4 Å². The minimum atomic E-state index is -3.80. The van der Waals surface area contributed by atoms with Gasteiger partial charge in [0, 0.05) is 13.1 Å². The van der Waals surface area contributed by atoms with E-state index in [-0.39, 0.29) is 23.1 Å². The van der Waals surface area contributed by atoms with Crippen LogP contribution in [0.2, 0.25) is 0 Å². The van der Waals surface area contributed by atoms with E-state index in [1.807, 2.05) is 0 Å². The summed E-state index contributed by atoms with van der Waals surface area (Å²) in [7, 11) is -2.27. The van der Waals surface area contributed by atoms with Crippen molar-refractivity contribution in [2.24, 2.45) is 0 Å². The van der Waals surface area contributed by atoms with Crippen molar-refractivity contribution >= 4 is 33.0 Å². The number of sulfone groups is 1. The summed E-state index contributed by atoms with van der Waals surface area (Å²) in [4.78, 5) is 24.3. The number of hydrogen-bond donors (Lipinski definition) is 2. The Morgan fingerprint density at radius 3 is 2.57 bits per heavy atom. The Hall–Kier alpha value is -3.11. The fourth-order valence-corrected chi connectivity index (χ4v) is 5.51. The van der Waals surface area contributed by atoms with Gasteiger partial charge in [0.25, 0.3) is 0 Å². The first-order valence-electron chi connectivity index (χ1n) is 8.91. The molecule has 0 unspecified atom stereocenters. The van der Waals surface area contributed by atoms with Gasteiger partial charge in [-0.15, -0.1) is 11.3 Å². The lowest BCUT2D eigenvalue weighted by atomic mass is 10.2. The molecule has 0 aliphatic carbocycles. The molecule has 0 saturated carbocycles. The number of carbonyl (C=O) groups excluding carboxylic acids is 2. The molecule has 3 aromatic rings. The van der Waals surface area contributed by atoms with Gasteiger partial charge >= 0.3 is 11.8 Å². The third-order valence-electron chi connectivity index (χ3n) is 4.25. The highest BCUT2D eigenvalue weighted by Gasteiger charge is 2.33. The number of methoxy groups -OCH3 is 1. The fourth-order valence-electron chi connectivity index (χ4n) is 2.71. The van der Waals surface area contributed by atoms with Gasteiger partial charge in [-0.25, -0.2) is 8.42 Å². The van der Waals surface area contributed by atoms with Crippen molar-refractivity contribution in [1.29, 1.82) is 0 Å². The average Bonchev–Trinajstić information content (AvgIpc) is 3.46. The molecule has 1 atom stereocenters. The zero-order chi connectivity index (χ0) is 21.6. The first-order chi connectivity index (χ1) is 14.4. The lowest BCUT2D eigenvalue weighted by molar-refractivity contribution is -0.139. The molecule has 158 valence electrons. The molecule has 2 aromatic heterocycles. The van der Waals surface area contributed by atoms with E-state index in [9.17, 15) is 18.0 Å². The molecular weight excluding hydrogens is 428 g/mol. The third kappa shape index (κ3) is 5.08. The van der Waals surface area contributed by atoms with Crippen LogP contribution < -0.4 is 15.4 Å². The molecule has 0 spiro atoms. The van der Waals surface area contributed by atoms with Crippen LogP contribution in [-0.2, 0) is 26.0 Å². The lowest BCUT2D eigenvalue weighted by Gasteiger charge is -2.15. The van der Waals surface area contributed by atoms with Crippen LogP contribution in [0.25, 0.3) is 0 Å². The van der Waals surface area contributed by atoms with Crippen LogP contribution in [0.15, 0.2) is 68.8 Å². The quantitative estimate of drug-likeness (QED) is 0.511. The van der Waals surface area contributed by atoms with Crippen LogP contribution in [0.4, 0.5) is 0 Å². The van der Waals surface area contributed by atoms with Gasteiger partial charge in [-0.3, -0.25) is 9.59 Å². The molecule has 0 bridgehead atoms. The maximum atomic E-state index is 12.9. The van der Waals surface area contributed by atoms with Crippen molar-refractivity contribution in [2.75, 3.05) is 13.7 Å². The van der Waals surface area contributed by atoms with E-state index in [2.05, 4.69) is 10.6 Å². The van der Waals surface area contributed by atoms with Crippen LogP contribution in [0.3, 0.4) is 0 Å². The number of amides is 2. The monoisotopic (exact) mass is 448 g/mol. The van der Waals surface area contributed by atoms with Crippen molar-refractivity contribution in [2.45, 2.75) is 16.0 Å². The summed E-state index contributed by atoms with van der Waals surface area (Å²) in [5.41, 5.74) is 0.754. The second kappa shape index (κ2) is 9.59. The summed E-state index contributed by atoms with van der Waals surface area (Å²) in [6.45, 7) is -0.183. The standard InChI is InChI=1S/C20H20N2O6S2/c1-27-15-6-2-5-14(11-15)12-21-19(23)20(24)22-13-17(16-7-3-9-28-16)30(25,26)18-8-4-10-29-18/h2-11,17H,12-13H2,1H3,(H,21,23)(H,22,24)/t17-/m1/s1. The molecule has 2 amide bonds. The van der Waals surface area contributed by atoms with E-state index < -0.39 is 26.9 Å². The van der Waals surface area contributed by atoms with E-state index in [1.54, 1.807) is 41.8 Å². The summed E-state index contributed by atoms with van der Waals surface area (Å²) in [5, 5.41) is 5.38. The Morgan fingerprint density at radius 2 is 1.90 bits per heavy atom.